The van der Waals surface area contributed by atoms with Gasteiger partial charge in [-0.3, -0.25) is 9.59 Å². The Morgan fingerprint density at radius 3 is 2.32 bits per heavy atom. The Kier molecular flexibility index (Phi) is 6.76. The summed E-state index contributed by atoms with van der Waals surface area (Å²) >= 11 is 5.85. The summed E-state index contributed by atoms with van der Waals surface area (Å²) in [5, 5.41) is 2.50. The van der Waals surface area contributed by atoms with Crippen molar-refractivity contribution in [3.8, 4) is 0 Å². The van der Waals surface area contributed by atoms with Gasteiger partial charge in [0.15, 0.2) is 0 Å². The number of benzene rings is 2. The summed E-state index contributed by atoms with van der Waals surface area (Å²) in [6.45, 7) is 3.82. The fourth-order valence-corrected chi connectivity index (χ4v) is 4.24. The maximum Gasteiger partial charge on any atom is 0.258 e. The molecule has 10 heteroatoms. The minimum Gasteiger partial charge on any atom is -0.366 e. The van der Waals surface area contributed by atoms with Crippen LogP contribution in [0.1, 0.15) is 34.6 Å². The number of anilines is 1. The molecule has 28 heavy (non-hydrogen) atoms. The normalized spacial score (nSPS) is 11.5. The lowest BCUT2D eigenvalue weighted by molar-refractivity contribution is 0.0995. The van der Waals surface area contributed by atoms with E-state index in [1.165, 1.54) is 22.5 Å². The quantitative estimate of drug-likeness (QED) is 0.707. The first-order chi connectivity index (χ1) is 13.1. The van der Waals surface area contributed by atoms with Crippen LogP contribution in [0.4, 0.5) is 10.1 Å². The molecule has 0 aliphatic carbocycles. The van der Waals surface area contributed by atoms with Crippen LogP contribution in [0.5, 0.6) is 0 Å². The van der Waals surface area contributed by atoms with Gasteiger partial charge in [0, 0.05) is 18.8 Å². The zero-order valence-electron chi connectivity index (χ0n) is 15.2. The van der Waals surface area contributed by atoms with Gasteiger partial charge in [-0.05, 0) is 36.4 Å². The molecule has 0 radical (unpaired) electrons. The van der Waals surface area contributed by atoms with E-state index in [1.54, 1.807) is 13.8 Å². The van der Waals surface area contributed by atoms with Crippen LogP contribution in [0.2, 0.25) is 5.02 Å². The number of hydrogen-bond donors (Lipinski definition) is 2. The van der Waals surface area contributed by atoms with Crippen LogP contribution in [-0.2, 0) is 10.0 Å². The zero-order valence-corrected chi connectivity index (χ0v) is 16.8. The standard InChI is InChI=1S/C18H19ClFN3O4S/c1-3-23(4-2)28(26,27)12-6-8-16(20)14(10-12)18(25)22-11-5-7-15(19)13(9-11)17(21)24/h5-10H,3-4H2,1-2H3,(H2,21,24)(H,22,25). The van der Waals surface area contributed by atoms with E-state index < -0.39 is 33.2 Å². The number of hydrogen-bond acceptors (Lipinski definition) is 4. The molecule has 0 bridgehead atoms. The predicted molar refractivity (Wildman–Crippen MR) is 104 cm³/mol. The first-order valence-corrected chi connectivity index (χ1v) is 10.1. The largest absolute Gasteiger partial charge is 0.366 e. The number of carbonyl (C=O) groups excluding carboxylic acids is 2. The van der Waals surface area contributed by atoms with Crippen molar-refractivity contribution >= 4 is 39.1 Å². The molecule has 2 aromatic carbocycles. The van der Waals surface area contributed by atoms with E-state index in [-0.39, 0.29) is 34.3 Å². The number of nitrogens with two attached hydrogens (primary N) is 1. The summed E-state index contributed by atoms with van der Waals surface area (Å²) in [6, 6.07) is 7.01. The van der Waals surface area contributed by atoms with E-state index in [4.69, 9.17) is 17.3 Å². The highest BCUT2D eigenvalue weighted by molar-refractivity contribution is 7.89. The molecule has 0 atom stereocenters. The molecule has 7 nitrogen and oxygen atoms in total. The summed E-state index contributed by atoms with van der Waals surface area (Å²) in [6.07, 6.45) is 0. The first-order valence-electron chi connectivity index (χ1n) is 8.32. The van der Waals surface area contributed by atoms with Crippen molar-refractivity contribution in [3.05, 3.63) is 58.4 Å². The van der Waals surface area contributed by atoms with Crippen molar-refractivity contribution in [2.45, 2.75) is 18.7 Å². The molecule has 2 amide bonds. The van der Waals surface area contributed by atoms with Crippen LogP contribution < -0.4 is 11.1 Å². The summed E-state index contributed by atoms with van der Waals surface area (Å²) in [5.74, 6) is -2.56. The van der Waals surface area contributed by atoms with Gasteiger partial charge in [0.2, 0.25) is 15.9 Å². The number of rotatable bonds is 7. The monoisotopic (exact) mass is 427 g/mol. The molecular formula is C18H19ClFN3O4S. The first kappa shape index (κ1) is 21.8. The van der Waals surface area contributed by atoms with Crippen molar-refractivity contribution in [3.63, 3.8) is 0 Å². The predicted octanol–water partition coefficient (Wildman–Crippen LogP) is 2.86. The Morgan fingerprint density at radius 1 is 1.11 bits per heavy atom. The number of primary amides is 1. The Balaban J connectivity index is 2.39. The molecule has 0 fully saturated rings. The summed E-state index contributed by atoms with van der Waals surface area (Å²) in [5.41, 5.74) is 4.89. The fraction of sp³-hybridized carbons (Fsp3) is 0.222. The lowest BCUT2D eigenvalue weighted by Crippen LogP contribution is -2.31. The van der Waals surface area contributed by atoms with Crippen molar-refractivity contribution < 1.29 is 22.4 Å². The molecule has 0 unspecified atom stereocenters. The Labute approximate surface area is 167 Å². The number of nitrogens with one attached hydrogen (secondary N) is 1. The van der Waals surface area contributed by atoms with Gasteiger partial charge in [-0.15, -0.1) is 0 Å². The van der Waals surface area contributed by atoms with Gasteiger partial charge in [-0.25, -0.2) is 12.8 Å². The third-order valence-corrected chi connectivity index (χ3v) is 6.39. The Hall–Kier alpha value is -2.49. The Bertz CT molecular complexity index is 1020. The van der Waals surface area contributed by atoms with Crippen LogP contribution in [0.25, 0.3) is 0 Å². The van der Waals surface area contributed by atoms with Crippen LogP contribution in [0.3, 0.4) is 0 Å². The number of halogens is 2. The highest BCUT2D eigenvalue weighted by Crippen LogP contribution is 2.23. The van der Waals surface area contributed by atoms with E-state index in [1.807, 2.05) is 0 Å². The number of sulfonamides is 1. The van der Waals surface area contributed by atoms with E-state index in [0.29, 0.717) is 0 Å². The zero-order chi connectivity index (χ0) is 21.1. The average molecular weight is 428 g/mol. The molecule has 0 aromatic heterocycles. The minimum atomic E-state index is -3.86. The maximum absolute atomic E-state index is 14.2. The maximum atomic E-state index is 14.2. The smallest absolute Gasteiger partial charge is 0.258 e. The van der Waals surface area contributed by atoms with Crippen LogP contribution in [0, 0.1) is 5.82 Å². The number of nitrogens with zero attached hydrogens (tertiary/aromatic N) is 1. The topological polar surface area (TPSA) is 110 Å². The van der Waals surface area contributed by atoms with Crippen molar-refractivity contribution in [1.29, 1.82) is 0 Å². The number of amides is 2. The van der Waals surface area contributed by atoms with E-state index >= 15 is 0 Å². The lowest BCUT2D eigenvalue weighted by atomic mass is 10.1. The molecule has 0 aliphatic rings. The van der Waals surface area contributed by atoms with Gasteiger partial charge in [0.05, 0.1) is 21.0 Å². The van der Waals surface area contributed by atoms with Gasteiger partial charge in [0.25, 0.3) is 5.91 Å². The summed E-state index contributed by atoms with van der Waals surface area (Å²) < 4.78 is 40.6. The molecule has 0 saturated carbocycles. The van der Waals surface area contributed by atoms with Gasteiger partial charge in [-0.1, -0.05) is 25.4 Å². The van der Waals surface area contributed by atoms with Gasteiger partial charge in [-0.2, -0.15) is 4.31 Å². The van der Waals surface area contributed by atoms with Crippen molar-refractivity contribution in [2.75, 3.05) is 18.4 Å². The fourth-order valence-electron chi connectivity index (χ4n) is 2.54. The van der Waals surface area contributed by atoms with Crippen LogP contribution in [-0.4, -0.2) is 37.6 Å². The molecule has 2 aromatic rings. The third-order valence-electron chi connectivity index (χ3n) is 4.02. The van der Waals surface area contributed by atoms with Crippen LogP contribution >= 0.6 is 11.6 Å². The molecule has 0 saturated heterocycles. The van der Waals surface area contributed by atoms with Gasteiger partial charge < -0.3 is 11.1 Å². The summed E-state index contributed by atoms with van der Waals surface area (Å²) in [7, 11) is -3.86. The molecule has 3 N–H and O–H groups in total. The highest BCUT2D eigenvalue weighted by atomic mass is 35.5. The SMILES string of the molecule is CCN(CC)S(=O)(=O)c1ccc(F)c(C(=O)Nc2ccc(Cl)c(C(N)=O)c2)c1. The van der Waals surface area contributed by atoms with Crippen molar-refractivity contribution in [2.24, 2.45) is 5.73 Å². The molecule has 0 heterocycles. The van der Waals surface area contributed by atoms with Crippen LogP contribution in [0.15, 0.2) is 41.3 Å². The molecular weight excluding hydrogens is 409 g/mol. The third kappa shape index (κ3) is 4.49. The van der Waals surface area contributed by atoms with Gasteiger partial charge in [0.1, 0.15) is 5.82 Å². The van der Waals surface area contributed by atoms with E-state index in [9.17, 15) is 22.4 Å². The second-order valence-electron chi connectivity index (χ2n) is 5.74. The van der Waals surface area contributed by atoms with Gasteiger partial charge >= 0.3 is 0 Å². The second-order valence-corrected chi connectivity index (χ2v) is 8.09. The average Bonchev–Trinajstić information content (AvgIpc) is 2.63. The van der Waals surface area contributed by atoms with E-state index in [2.05, 4.69) is 5.32 Å². The van der Waals surface area contributed by atoms with E-state index in [0.717, 1.165) is 18.2 Å². The second kappa shape index (κ2) is 8.68. The van der Waals surface area contributed by atoms with Crippen molar-refractivity contribution in [1.82, 2.24) is 4.31 Å². The molecule has 2 rings (SSSR count). The minimum absolute atomic E-state index is 0.0159. The Morgan fingerprint density at radius 2 is 1.75 bits per heavy atom. The molecule has 0 spiro atoms. The highest BCUT2D eigenvalue weighted by Gasteiger charge is 2.24. The molecule has 150 valence electrons. The summed E-state index contributed by atoms with van der Waals surface area (Å²) in [4.78, 5) is 23.6. The number of carbonyl (C=O) groups is 2. The molecule has 0 aliphatic heterocycles. The lowest BCUT2D eigenvalue weighted by Gasteiger charge is -2.19.